The van der Waals surface area contributed by atoms with E-state index in [0.29, 0.717) is 11.1 Å². The van der Waals surface area contributed by atoms with Crippen LogP contribution in [0.2, 0.25) is 5.02 Å². The molecule has 1 aromatic carbocycles. The molecule has 0 bridgehead atoms. The minimum atomic E-state index is -4.50. The Morgan fingerprint density at radius 1 is 1.50 bits per heavy atom. The molecule has 1 aliphatic heterocycles. The van der Waals surface area contributed by atoms with E-state index in [1.54, 1.807) is 0 Å². The number of hydrogen-bond acceptors (Lipinski definition) is 2. The molecule has 2 nitrogen and oxygen atoms in total. The lowest BCUT2D eigenvalue weighted by Crippen LogP contribution is -2.25. The Labute approximate surface area is 115 Å². The fraction of sp³-hybridized carbons (Fsp3) is 0.455. The third kappa shape index (κ3) is 3.60. The number of hydrogen-bond donors (Lipinski definition) is 0. The van der Waals surface area contributed by atoms with Crippen LogP contribution in [0, 0.1) is 0 Å². The molecule has 1 aromatic rings. The van der Waals surface area contributed by atoms with Gasteiger partial charge in [0.05, 0.1) is 13.2 Å². The quantitative estimate of drug-likeness (QED) is 0.766. The fourth-order valence-electron chi connectivity index (χ4n) is 1.44. The number of halogens is 5. The van der Waals surface area contributed by atoms with Gasteiger partial charge in [-0.3, -0.25) is 0 Å². The molecule has 1 fully saturated rings. The molecule has 0 amide bonds. The van der Waals surface area contributed by atoms with Crippen LogP contribution in [0.15, 0.2) is 22.7 Å². The zero-order chi connectivity index (χ0) is 13.3. The van der Waals surface area contributed by atoms with E-state index in [1.807, 2.05) is 0 Å². The highest BCUT2D eigenvalue weighted by atomic mass is 79.9. The molecule has 1 heterocycles. The van der Waals surface area contributed by atoms with Gasteiger partial charge in [-0.05, 0) is 18.2 Å². The Hall–Kier alpha value is -0.300. The third-order valence-corrected chi connectivity index (χ3v) is 3.35. The van der Waals surface area contributed by atoms with Crippen molar-refractivity contribution in [3.63, 3.8) is 0 Å². The molecule has 0 aliphatic carbocycles. The van der Waals surface area contributed by atoms with E-state index in [1.165, 1.54) is 18.2 Å². The minimum Gasteiger partial charge on any atom is -0.371 e. The summed E-state index contributed by atoms with van der Waals surface area (Å²) in [7, 11) is 0. The smallest absolute Gasteiger partial charge is 0.371 e. The Balaban J connectivity index is 2.23. The number of ether oxygens (including phenoxy) is 2. The largest absolute Gasteiger partial charge is 0.418 e. The minimum absolute atomic E-state index is 0.0318. The summed E-state index contributed by atoms with van der Waals surface area (Å²) in [5.74, 6) is 0. The lowest BCUT2D eigenvalue weighted by molar-refractivity contribution is -0.224. The maximum absolute atomic E-state index is 13.0. The van der Waals surface area contributed by atoms with Crippen LogP contribution in [0.1, 0.15) is 11.7 Å². The van der Waals surface area contributed by atoms with E-state index in [9.17, 15) is 13.2 Å². The molecule has 0 unspecified atom stereocenters. The summed E-state index contributed by atoms with van der Waals surface area (Å²) in [5, 5.41) is 0.230. The van der Waals surface area contributed by atoms with Crippen molar-refractivity contribution in [1.29, 1.82) is 0 Å². The Bertz CT molecular complexity index is 435. The zero-order valence-electron chi connectivity index (χ0n) is 9.01. The van der Waals surface area contributed by atoms with Gasteiger partial charge in [-0.25, -0.2) is 0 Å². The Morgan fingerprint density at radius 3 is 2.72 bits per heavy atom. The first kappa shape index (κ1) is 14.1. The molecule has 1 saturated heterocycles. The molecule has 0 saturated carbocycles. The normalized spacial score (nSPS) is 20.8. The van der Waals surface area contributed by atoms with Crippen LogP contribution in [-0.2, 0) is 9.47 Å². The van der Waals surface area contributed by atoms with Crippen molar-refractivity contribution in [2.75, 3.05) is 13.2 Å². The number of alkyl halides is 3. The second-order valence-electron chi connectivity index (χ2n) is 3.88. The van der Waals surface area contributed by atoms with Crippen LogP contribution in [-0.4, -0.2) is 25.5 Å². The summed E-state index contributed by atoms with van der Waals surface area (Å²) in [5.41, 5.74) is -0.0318. The van der Waals surface area contributed by atoms with Crippen LogP contribution in [0.25, 0.3) is 0 Å². The molecular formula is C11H9BrClF3O2. The van der Waals surface area contributed by atoms with Crippen LogP contribution in [0.5, 0.6) is 0 Å². The van der Waals surface area contributed by atoms with Crippen molar-refractivity contribution in [3.05, 3.63) is 33.3 Å². The van der Waals surface area contributed by atoms with Crippen molar-refractivity contribution in [1.82, 2.24) is 0 Å². The molecular weight excluding hydrogens is 336 g/mol. The second kappa shape index (κ2) is 5.36. The first-order chi connectivity index (χ1) is 8.38. The van der Waals surface area contributed by atoms with Gasteiger partial charge in [0.2, 0.25) is 0 Å². The fourth-order valence-corrected chi connectivity index (χ4v) is 2.08. The van der Waals surface area contributed by atoms with E-state index in [-0.39, 0.29) is 23.3 Å². The predicted octanol–water partition coefficient (Wildman–Crippen LogP) is 4.12. The highest BCUT2D eigenvalue weighted by Crippen LogP contribution is 2.40. The van der Waals surface area contributed by atoms with Gasteiger partial charge in [-0.2, -0.15) is 13.2 Å². The van der Waals surface area contributed by atoms with E-state index >= 15 is 0 Å². The Morgan fingerprint density at radius 2 is 2.17 bits per heavy atom. The van der Waals surface area contributed by atoms with Crippen molar-refractivity contribution in [3.8, 4) is 0 Å². The first-order valence-electron chi connectivity index (χ1n) is 5.13. The van der Waals surface area contributed by atoms with Gasteiger partial charge < -0.3 is 9.47 Å². The standard InChI is InChI=1S/C11H9BrClF3O2/c12-9-2-1-6(13)3-8(9)10(11(14,15)16)18-5-7-4-17-7/h1-3,7,10H,4-5H2/t7-,10+/m1/s1. The summed E-state index contributed by atoms with van der Waals surface area (Å²) in [6.07, 6.45) is -6.73. The van der Waals surface area contributed by atoms with Crippen LogP contribution >= 0.6 is 27.5 Å². The lowest BCUT2D eigenvalue weighted by Gasteiger charge is -2.22. The summed E-state index contributed by atoms with van der Waals surface area (Å²) in [6.45, 7) is 0.365. The topological polar surface area (TPSA) is 21.8 Å². The van der Waals surface area contributed by atoms with Gasteiger partial charge in [0, 0.05) is 15.1 Å². The number of epoxide rings is 1. The molecule has 2 atom stereocenters. The highest BCUT2D eigenvalue weighted by Gasteiger charge is 2.44. The van der Waals surface area contributed by atoms with E-state index in [0.717, 1.165) is 0 Å². The van der Waals surface area contributed by atoms with Gasteiger partial charge in [-0.1, -0.05) is 27.5 Å². The molecule has 0 radical (unpaired) electrons. The van der Waals surface area contributed by atoms with Crippen LogP contribution < -0.4 is 0 Å². The molecule has 7 heteroatoms. The average Bonchev–Trinajstić information content (AvgIpc) is 3.05. The molecule has 18 heavy (non-hydrogen) atoms. The van der Waals surface area contributed by atoms with E-state index in [2.05, 4.69) is 15.9 Å². The van der Waals surface area contributed by atoms with Crippen molar-refractivity contribution in [2.45, 2.75) is 18.4 Å². The zero-order valence-corrected chi connectivity index (χ0v) is 11.3. The summed E-state index contributed by atoms with van der Waals surface area (Å²) in [6, 6.07) is 4.22. The first-order valence-corrected chi connectivity index (χ1v) is 6.30. The molecule has 0 N–H and O–H groups in total. The molecule has 0 spiro atoms. The molecule has 100 valence electrons. The maximum atomic E-state index is 13.0. The van der Waals surface area contributed by atoms with Crippen molar-refractivity contribution >= 4 is 27.5 Å². The van der Waals surface area contributed by atoms with Gasteiger partial charge >= 0.3 is 6.18 Å². The van der Waals surface area contributed by atoms with Gasteiger partial charge in [0.15, 0.2) is 6.10 Å². The summed E-state index contributed by atoms with van der Waals surface area (Å²) >= 11 is 8.79. The number of benzene rings is 1. The van der Waals surface area contributed by atoms with Crippen molar-refractivity contribution < 1.29 is 22.6 Å². The lowest BCUT2D eigenvalue weighted by atomic mass is 10.1. The van der Waals surface area contributed by atoms with Crippen LogP contribution in [0.3, 0.4) is 0 Å². The molecule has 2 rings (SSSR count). The van der Waals surface area contributed by atoms with Crippen LogP contribution in [0.4, 0.5) is 13.2 Å². The molecule has 0 aromatic heterocycles. The molecule has 1 aliphatic rings. The SMILES string of the molecule is FC(F)(F)[C@@H](OC[C@H]1CO1)c1cc(Cl)ccc1Br. The monoisotopic (exact) mass is 344 g/mol. The Kier molecular flexibility index (Phi) is 4.21. The second-order valence-corrected chi connectivity index (χ2v) is 5.17. The van der Waals surface area contributed by atoms with Crippen molar-refractivity contribution in [2.24, 2.45) is 0 Å². The van der Waals surface area contributed by atoms with Gasteiger partial charge in [0.25, 0.3) is 0 Å². The number of rotatable bonds is 4. The average molecular weight is 346 g/mol. The van der Waals surface area contributed by atoms with E-state index in [4.69, 9.17) is 21.1 Å². The summed E-state index contributed by atoms with van der Waals surface area (Å²) in [4.78, 5) is 0. The third-order valence-electron chi connectivity index (χ3n) is 2.39. The van der Waals surface area contributed by atoms with Gasteiger partial charge in [-0.15, -0.1) is 0 Å². The van der Waals surface area contributed by atoms with Gasteiger partial charge in [0.1, 0.15) is 6.10 Å². The summed E-state index contributed by atoms with van der Waals surface area (Å²) < 4.78 is 48.9. The predicted molar refractivity (Wildman–Crippen MR) is 63.6 cm³/mol. The highest BCUT2D eigenvalue weighted by molar-refractivity contribution is 9.10. The maximum Gasteiger partial charge on any atom is 0.418 e. The van der Waals surface area contributed by atoms with E-state index < -0.39 is 12.3 Å².